The predicted molar refractivity (Wildman–Crippen MR) is 131 cm³/mol. The SMILES string of the molecule is C.C.C.C.C.C.C.C.C.C.C.C.C.C#CC.[3HH].[3HH].[3HH].[3H]C#C.[3H]C[3H].[3H][3H].[3H][3H].[3H][3H]. The largest absolute Gasteiger partial charge is 0.124 e. The number of hydrogen-bond donors (Lipinski definition) is 0. The van der Waals surface area contributed by atoms with Crippen LogP contribution >= 0.6 is 0 Å². The van der Waals surface area contributed by atoms with E-state index in [-0.39, 0.29) is 108 Å². The zero-order valence-corrected chi connectivity index (χ0v) is 3.86. The molecule has 0 atom stereocenters. The maximum absolute atomic E-state index is 5.88. The fraction of sp³-hybridized carbons (Fsp3) is 0.789. The third kappa shape index (κ3) is 5050. The van der Waals surface area contributed by atoms with Crippen molar-refractivity contribution in [2.45, 2.75) is 111 Å². The fourth-order valence-electron chi connectivity index (χ4n) is 0. The van der Waals surface area contributed by atoms with Crippen LogP contribution in [0.3, 0.4) is 0 Å². The molecule has 19 heavy (non-hydrogen) atoms. The zero-order chi connectivity index (χ0) is 14.1. The molecule has 0 aromatic carbocycles. The van der Waals surface area contributed by atoms with Crippen LogP contribution < -0.4 is 0 Å². The van der Waals surface area contributed by atoms with E-state index in [1.54, 1.807) is 6.92 Å². The van der Waals surface area contributed by atoms with Crippen molar-refractivity contribution < 1.29 is 17.3 Å². The Bertz CT molecular complexity index is 95.0. The van der Waals surface area contributed by atoms with E-state index in [2.05, 4.69) is 18.8 Å². The van der Waals surface area contributed by atoms with Gasteiger partial charge in [-0.25, -0.2) is 0 Å². The van der Waals surface area contributed by atoms with E-state index in [0.29, 0.717) is 0 Å². The lowest BCUT2D eigenvalue weighted by Gasteiger charge is -1.23. The van der Waals surface area contributed by atoms with Crippen LogP contribution in [-0.4, -0.2) is 0 Å². The lowest BCUT2D eigenvalue weighted by molar-refractivity contribution is 1.94. The van der Waals surface area contributed by atoms with Crippen LogP contribution in [0.1, 0.15) is 128 Å². The molecular formula is C19H74. The molecule has 150 valence electrons. The van der Waals surface area contributed by atoms with E-state index in [0.717, 1.165) is 0 Å². The van der Waals surface area contributed by atoms with Crippen LogP contribution in [0.25, 0.3) is 0 Å². The normalized spacial score (nSPS) is 3.21. The van der Waals surface area contributed by atoms with Crippen molar-refractivity contribution in [3.63, 3.8) is 0 Å². The van der Waals surface area contributed by atoms with E-state index < -0.39 is 0 Å². The Morgan fingerprint density at radius 1 is 0.789 bits per heavy atom. The quantitative estimate of drug-likeness (QED) is 0.388. The summed E-state index contributed by atoms with van der Waals surface area (Å²) in [5.41, 5.74) is 0. The smallest absolute Gasteiger partial charge is 0.124 e. The second-order valence-electron chi connectivity index (χ2n) is 0.289. The minimum Gasteiger partial charge on any atom is -0.124 e. The second-order valence-corrected chi connectivity index (χ2v) is 0.289. The van der Waals surface area contributed by atoms with Crippen LogP contribution in [0.5, 0.6) is 0 Å². The summed E-state index contributed by atoms with van der Waals surface area (Å²) < 4.78 is 47.5. The van der Waals surface area contributed by atoms with Gasteiger partial charge in [0.1, 0.15) is 1.37 Å². The summed E-state index contributed by atoms with van der Waals surface area (Å²) in [5, 5.41) is 0. The van der Waals surface area contributed by atoms with E-state index >= 15 is 0 Å². The standard InChI is InChI=1S/C3H4.C2H2.14CH4.6H2/c1-3-2;1-2;;;;;;;;;;;;;;;;;;;;/h1H,2H3;1-2H;14*1H4;6*1H/i;1T;1T2;;;;;;;;;;;;;;3*1+2T;3*1+2. The van der Waals surface area contributed by atoms with Gasteiger partial charge in [0.15, 0.2) is 0 Å². The molecule has 0 rings (SSSR count). The number of rotatable bonds is 0. The van der Waals surface area contributed by atoms with Gasteiger partial charge in [-0.15, -0.1) is 25.2 Å². The third-order valence-electron chi connectivity index (χ3n) is 0. The first-order chi connectivity index (χ1) is 7.24. The Labute approximate surface area is 154 Å². The molecule has 0 aromatic heterocycles. The van der Waals surface area contributed by atoms with Gasteiger partial charge in [0.05, 0.1) is 0 Å². The summed E-state index contributed by atoms with van der Waals surface area (Å²) in [6, 6.07) is 0. The highest BCUT2D eigenvalue weighted by atomic mass is 13.2. The van der Waals surface area contributed by atoms with Crippen molar-refractivity contribution in [1.82, 2.24) is 0 Å². The molecule has 0 heterocycles. The number of terminal acetylenes is 2. The molecule has 0 nitrogen and oxygen atoms in total. The minimum atomic E-state index is -0.250. The first kappa shape index (κ1) is 80.5. The van der Waals surface area contributed by atoms with E-state index in [9.17, 15) is 0 Å². The van der Waals surface area contributed by atoms with Crippen LogP contribution in [0.15, 0.2) is 0 Å². The second kappa shape index (κ2) is 309000. The summed E-state index contributed by atoms with van der Waals surface area (Å²) >= 11 is 0. The highest BCUT2D eigenvalue weighted by Gasteiger charge is 1.09. The van der Waals surface area contributed by atoms with Gasteiger partial charge in [0, 0.05) is 15.9 Å². The van der Waals surface area contributed by atoms with Gasteiger partial charge in [-0.2, -0.15) is 0 Å². The molecule has 0 saturated carbocycles. The summed E-state index contributed by atoms with van der Waals surface area (Å²) in [6.07, 6.45) is 10.4. The molecule has 0 heteroatoms. The Morgan fingerprint density at radius 3 is 0.789 bits per heavy atom. The van der Waals surface area contributed by atoms with Gasteiger partial charge < -0.3 is 0 Å². The first-order valence-electron chi connectivity index (χ1n) is 5.99. The Hall–Kier alpha value is -0.880. The van der Waals surface area contributed by atoms with Gasteiger partial charge in [-0.3, -0.25) is 0 Å². The molecule has 0 N–H and O–H groups in total. The van der Waals surface area contributed by atoms with Gasteiger partial charge in [-0.1, -0.05) is 104 Å². The lowest BCUT2D eigenvalue weighted by Crippen LogP contribution is -1.10. The highest BCUT2D eigenvalue weighted by Crippen LogP contribution is 1.21. The van der Waals surface area contributed by atoms with Crippen molar-refractivity contribution in [2.75, 3.05) is 0 Å². The van der Waals surface area contributed by atoms with Crippen molar-refractivity contribution in [3.05, 3.63) is 0 Å². The summed E-state index contributed by atoms with van der Waals surface area (Å²) in [6.45, 7) is 1.65. The van der Waals surface area contributed by atoms with Gasteiger partial charge in [-0.05, 0) is 6.92 Å². The van der Waals surface area contributed by atoms with Gasteiger partial charge >= 0.3 is 0 Å². The molecule has 0 aliphatic heterocycles. The Kier molecular flexibility index (Phi) is 1310000. The monoisotopic (exact) mass is 327 g/mol. The zero-order valence-electron chi connectivity index (χ0n) is 12.9. The molecule has 0 bridgehead atoms. The van der Waals surface area contributed by atoms with Crippen molar-refractivity contribution in [2.24, 2.45) is 0 Å². The molecule has 0 aliphatic carbocycles. The fourth-order valence-corrected chi connectivity index (χ4v) is 0. The van der Waals surface area contributed by atoms with Crippen molar-refractivity contribution >= 4 is 0 Å². The Morgan fingerprint density at radius 2 is 0.789 bits per heavy atom. The maximum Gasteiger partial charge on any atom is 0.124 e. The lowest BCUT2D eigenvalue weighted by atomic mass is 10.9. The molecule has 0 saturated heterocycles. The molecule has 0 fully saturated rings. The van der Waals surface area contributed by atoms with Crippen molar-refractivity contribution in [1.29, 1.82) is 0 Å². The van der Waals surface area contributed by atoms with Crippen LogP contribution in [0, 0.1) is 25.2 Å². The molecule has 0 amide bonds. The predicted octanol–water partition coefficient (Wildman–Crippen LogP) is 11.3. The van der Waals surface area contributed by atoms with E-state index in [1.165, 1.54) is 6.40 Å². The summed E-state index contributed by atoms with van der Waals surface area (Å²) in [7, 11) is -0.250. The number of hydrogen-bond acceptors (Lipinski definition) is 0. The maximum atomic E-state index is 5.88. The average Bonchev–Trinajstić information content (AvgIpc) is 2.29. The van der Waals surface area contributed by atoms with Crippen molar-refractivity contribution in [3.8, 4) is 25.2 Å². The van der Waals surface area contributed by atoms with Crippen LogP contribution in [-0.2, 0) is 0 Å². The van der Waals surface area contributed by atoms with Crippen LogP contribution in [0.2, 0.25) is 0 Å². The molecule has 0 spiro atoms. The molecule has 0 aromatic rings. The Balaban J connectivity index is -0.00000000143. The third-order valence-corrected chi connectivity index (χ3v) is 0. The molecular weight excluding hydrogens is 228 g/mol. The van der Waals surface area contributed by atoms with Gasteiger partial charge in [0.25, 0.3) is 0 Å². The highest BCUT2D eigenvalue weighted by molar-refractivity contribution is 4.73. The molecule has 0 radical (unpaired) electrons. The average molecular weight is 327 g/mol. The first-order valence-corrected chi connectivity index (χ1v) is 1.08. The molecule has 0 aliphatic rings. The summed E-state index contributed by atoms with van der Waals surface area (Å²) in [4.78, 5) is 0. The van der Waals surface area contributed by atoms with Gasteiger partial charge in [0.2, 0.25) is 0 Å². The molecule has 0 unspecified atom stereocenters. The van der Waals surface area contributed by atoms with E-state index in [4.69, 9.17) is 13.0 Å². The van der Waals surface area contributed by atoms with Crippen LogP contribution in [0.4, 0.5) is 0 Å². The minimum absolute atomic E-state index is 0. The summed E-state index contributed by atoms with van der Waals surface area (Å²) in [5.74, 6) is 2.25. The van der Waals surface area contributed by atoms with E-state index in [1.807, 2.05) is 0 Å². The topological polar surface area (TPSA) is 0 Å².